The van der Waals surface area contributed by atoms with Crippen LogP contribution in [0.15, 0.2) is 51.7 Å². The molecule has 1 N–H and O–H groups in total. The first kappa shape index (κ1) is 11.9. The average Bonchev–Trinajstić information content (AvgIpc) is 2.88. The molecule has 19 heavy (non-hydrogen) atoms. The molecule has 2 aromatic heterocycles. The molecule has 0 unspecified atom stereocenters. The predicted octanol–water partition coefficient (Wildman–Crippen LogP) is 3.27. The molecule has 0 aliphatic carbocycles. The van der Waals surface area contributed by atoms with Gasteiger partial charge >= 0.3 is 0 Å². The Hall–Kier alpha value is -2.21. The molecule has 0 aliphatic rings. The minimum Gasteiger partial charge on any atom is -0.508 e. The van der Waals surface area contributed by atoms with Crippen LogP contribution in [0, 0.1) is 0 Å². The van der Waals surface area contributed by atoms with Gasteiger partial charge in [-0.05, 0) is 40.2 Å². The molecule has 2 heterocycles. The third-order valence-corrected chi connectivity index (χ3v) is 2.92. The van der Waals surface area contributed by atoms with Gasteiger partial charge in [-0.3, -0.25) is 4.98 Å². The lowest BCUT2D eigenvalue weighted by Crippen LogP contribution is -1.83. The zero-order valence-electron chi connectivity index (χ0n) is 9.62. The molecule has 3 rings (SSSR count). The Bertz CT molecular complexity index is 667. The van der Waals surface area contributed by atoms with E-state index in [2.05, 4.69) is 31.1 Å². The van der Waals surface area contributed by atoms with Crippen LogP contribution >= 0.6 is 15.9 Å². The largest absolute Gasteiger partial charge is 0.508 e. The van der Waals surface area contributed by atoms with E-state index in [0.29, 0.717) is 17.3 Å². The van der Waals surface area contributed by atoms with Crippen molar-refractivity contribution in [2.45, 2.75) is 0 Å². The van der Waals surface area contributed by atoms with E-state index in [1.165, 1.54) is 0 Å². The van der Waals surface area contributed by atoms with Gasteiger partial charge in [0.05, 0.1) is 0 Å². The number of hydrogen-bond donors (Lipinski definition) is 1. The molecule has 0 saturated heterocycles. The Kier molecular flexibility index (Phi) is 3.00. The number of benzene rings is 1. The van der Waals surface area contributed by atoms with Crippen molar-refractivity contribution in [3.8, 4) is 28.6 Å². The summed E-state index contributed by atoms with van der Waals surface area (Å²) in [6.45, 7) is 0. The standard InChI is InChI=1S/C13H8BrN3O2/c14-10-4-9(6-15-7-10)12-16-13(19-17-12)8-2-1-3-11(18)5-8/h1-7,18H. The van der Waals surface area contributed by atoms with E-state index in [0.717, 1.165) is 10.0 Å². The number of pyridine rings is 1. The van der Waals surface area contributed by atoms with Crippen LogP contribution in [-0.2, 0) is 0 Å². The van der Waals surface area contributed by atoms with Gasteiger partial charge in [-0.25, -0.2) is 0 Å². The lowest BCUT2D eigenvalue weighted by Gasteiger charge is -1.95. The fourth-order valence-corrected chi connectivity index (χ4v) is 2.00. The molecule has 0 atom stereocenters. The maximum atomic E-state index is 9.43. The van der Waals surface area contributed by atoms with Crippen LogP contribution in [0.5, 0.6) is 5.75 Å². The summed E-state index contributed by atoms with van der Waals surface area (Å²) in [6.07, 6.45) is 3.33. The molecule has 0 aliphatic heterocycles. The Labute approximate surface area is 117 Å². The lowest BCUT2D eigenvalue weighted by atomic mass is 10.2. The molecule has 5 nitrogen and oxygen atoms in total. The zero-order valence-corrected chi connectivity index (χ0v) is 11.2. The second-order valence-corrected chi connectivity index (χ2v) is 4.78. The highest BCUT2D eigenvalue weighted by atomic mass is 79.9. The van der Waals surface area contributed by atoms with Gasteiger partial charge in [-0.2, -0.15) is 4.98 Å². The van der Waals surface area contributed by atoms with E-state index < -0.39 is 0 Å². The minimum absolute atomic E-state index is 0.154. The molecular formula is C13H8BrN3O2. The first-order valence-electron chi connectivity index (χ1n) is 5.46. The van der Waals surface area contributed by atoms with E-state index in [1.54, 1.807) is 36.7 Å². The minimum atomic E-state index is 0.154. The molecule has 0 amide bonds. The number of halogens is 1. The van der Waals surface area contributed by atoms with Gasteiger partial charge in [0, 0.05) is 28.0 Å². The van der Waals surface area contributed by atoms with Crippen molar-refractivity contribution >= 4 is 15.9 Å². The Balaban J connectivity index is 2.00. The molecule has 0 spiro atoms. The first-order valence-corrected chi connectivity index (χ1v) is 6.26. The molecule has 0 radical (unpaired) electrons. The van der Waals surface area contributed by atoms with Gasteiger partial charge in [0.1, 0.15) is 5.75 Å². The summed E-state index contributed by atoms with van der Waals surface area (Å²) in [4.78, 5) is 8.33. The molecule has 6 heteroatoms. The molecule has 0 fully saturated rings. The molecule has 0 bridgehead atoms. The quantitative estimate of drug-likeness (QED) is 0.785. The summed E-state index contributed by atoms with van der Waals surface area (Å²) in [5.41, 5.74) is 1.42. The third-order valence-electron chi connectivity index (χ3n) is 2.48. The maximum Gasteiger partial charge on any atom is 0.258 e. The van der Waals surface area contributed by atoms with E-state index in [1.807, 2.05) is 6.07 Å². The average molecular weight is 318 g/mol. The number of nitrogens with zero attached hydrogens (tertiary/aromatic N) is 3. The number of rotatable bonds is 2. The van der Waals surface area contributed by atoms with E-state index in [9.17, 15) is 5.11 Å². The van der Waals surface area contributed by atoms with Crippen molar-refractivity contribution in [1.29, 1.82) is 0 Å². The van der Waals surface area contributed by atoms with Crippen LogP contribution < -0.4 is 0 Å². The SMILES string of the molecule is Oc1cccc(-c2nc(-c3cncc(Br)c3)no2)c1. The second-order valence-electron chi connectivity index (χ2n) is 3.87. The summed E-state index contributed by atoms with van der Waals surface area (Å²) >= 11 is 3.34. The van der Waals surface area contributed by atoms with Crippen LogP contribution in [0.4, 0.5) is 0 Å². The highest BCUT2D eigenvalue weighted by molar-refractivity contribution is 9.10. The van der Waals surface area contributed by atoms with E-state index >= 15 is 0 Å². The number of hydrogen-bond acceptors (Lipinski definition) is 5. The van der Waals surface area contributed by atoms with Crippen LogP contribution in [0.3, 0.4) is 0 Å². The molecule has 94 valence electrons. The zero-order chi connectivity index (χ0) is 13.2. The predicted molar refractivity (Wildman–Crippen MR) is 72.3 cm³/mol. The summed E-state index contributed by atoms with van der Waals surface area (Å²) in [5, 5.41) is 13.3. The van der Waals surface area contributed by atoms with Gasteiger partial charge < -0.3 is 9.63 Å². The number of aromatic nitrogens is 3. The highest BCUT2D eigenvalue weighted by Gasteiger charge is 2.11. The van der Waals surface area contributed by atoms with E-state index in [-0.39, 0.29) is 5.75 Å². The number of phenolic OH excluding ortho intramolecular Hbond substituents is 1. The van der Waals surface area contributed by atoms with Gasteiger partial charge in [-0.15, -0.1) is 0 Å². The van der Waals surface area contributed by atoms with Crippen molar-refractivity contribution < 1.29 is 9.63 Å². The normalized spacial score (nSPS) is 10.6. The Morgan fingerprint density at radius 1 is 1.11 bits per heavy atom. The summed E-state index contributed by atoms with van der Waals surface area (Å²) < 4.78 is 6.03. The molecule has 0 saturated carbocycles. The summed E-state index contributed by atoms with van der Waals surface area (Å²) in [6, 6.07) is 8.50. The fourth-order valence-electron chi connectivity index (χ4n) is 1.63. The van der Waals surface area contributed by atoms with E-state index in [4.69, 9.17) is 4.52 Å². The molecule has 3 aromatic rings. The van der Waals surface area contributed by atoms with Crippen LogP contribution in [0.2, 0.25) is 0 Å². The van der Waals surface area contributed by atoms with Gasteiger partial charge in [0.25, 0.3) is 5.89 Å². The van der Waals surface area contributed by atoms with Crippen molar-refractivity contribution in [2.75, 3.05) is 0 Å². The number of phenols is 1. The number of aromatic hydroxyl groups is 1. The van der Waals surface area contributed by atoms with Crippen molar-refractivity contribution in [1.82, 2.24) is 15.1 Å². The lowest BCUT2D eigenvalue weighted by molar-refractivity contribution is 0.431. The Morgan fingerprint density at radius 3 is 2.79 bits per heavy atom. The van der Waals surface area contributed by atoms with Crippen molar-refractivity contribution in [3.63, 3.8) is 0 Å². The van der Waals surface area contributed by atoms with Gasteiger partial charge in [0.15, 0.2) is 0 Å². The van der Waals surface area contributed by atoms with Crippen LogP contribution in [-0.4, -0.2) is 20.2 Å². The third kappa shape index (κ3) is 2.48. The van der Waals surface area contributed by atoms with Crippen molar-refractivity contribution in [2.24, 2.45) is 0 Å². The first-order chi connectivity index (χ1) is 9.22. The Morgan fingerprint density at radius 2 is 2.00 bits per heavy atom. The highest BCUT2D eigenvalue weighted by Crippen LogP contribution is 2.25. The molecular weight excluding hydrogens is 310 g/mol. The van der Waals surface area contributed by atoms with Gasteiger partial charge in [-0.1, -0.05) is 11.2 Å². The maximum absolute atomic E-state index is 9.43. The topological polar surface area (TPSA) is 72.0 Å². The second kappa shape index (κ2) is 4.81. The van der Waals surface area contributed by atoms with Crippen LogP contribution in [0.1, 0.15) is 0 Å². The summed E-state index contributed by atoms with van der Waals surface area (Å²) in [7, 11) is 0. The molecule has 1 aromatic carbocycles. The van der Waals surface area contributed by atoms with Gasteiger partial charge in [0.2, 0.25) is 5.82 Å². The van der Waals surface area contributed by atoms with Crippen LogP contribution in [0.25, 0.3) is 22.8 Å². The summed E-state index contributed by atoms with van der Waals surface area (Å²) in [5.74, 6) is 0.958. The monoisotopic (exact) mass is 317 g/mol. The van der Waals surface area contributed by atoms with Crippen molar-refractivity contribution in [3.05, 3.63) is 47.2 Å². The smallest absolute Gasteiger partial charge is 0.258 e. The fraction of sp³-hybridized carbons (Fsp3) is 0.